The first-order chi connectivity index (χ1) is 9.79. The minimum Gasteiger partial charge on any atom is -0.478 e. The van der Waals surface area contributed by atoms with Gasteiger partial charge in [0, 0.05) is 15.5 Å². The van der Waals surface area contributed by atoms with Crippen LogP contribution in [-0.2, 0) is 6.18 Å². The molecule has 3 nitrogen and oxygen atoms in total. The van der Waals surface area contributed by atoms with Gasteiger partial charge in [-0.1, -0.05) is 23.9 Å². The molecule has 0 aliphatic heterocycles. The Balaban J connectivity index is 2.40. The SMILES string of the molecule is Nc1ccc(Sc2ccccc2C(F)(F)F)cc1C(=O)O. The third-order valence-electron chi connectivity index (χ3n) is 2.68. The van der Waals surface area contributed by atoms with Crippen LogP contribution in [0.5, 0.6) is 0 Å². The summed E-state index contributed by atoms with van der Waals surface area (Å²) in [5, 5.41) is 8.97. The molecule has 0 saturated heterocycles. The number of nitrogens with two attached hydrogens (primary N) is 1. The van der Waals surface area contributed by atoms with E-state index in [-0.39, 0.29) is 16.1 Å². The normalized spacial score (nSPS) is 11.4. The van der Waals surface area contributed by atoms with Crippen LogP contribution < -0.4 is 5.73 Å². The number of hydrogen-bond donors (Lipinski definition) is 2. The van der Waals surface area contributed by atoms with E-state index in [1.807, 2.05) is 0 Å². The lowest BCUT2D eigenvalue weighted by atomic mass is 10.2. The first-order valence-corrected chi connectivity index (χ1v) is 6.57. The zero-order valence-electron chi connectivity index (χ0n) is 10.5. The zero-order chi connectivity index (χ0) is 15.6. The van der Waals surface area contributed by atoms with Crippen molar-refractivity contribution in [2.75, 3.05) is 5.73 Å². The van der Waals surface area contributed by atoms with E-state index in [2.05, 4.69) is 0 Å². The first-order valence-electron chi connectivity index (χ1n) is 5.76. The molecule has 0 aliphatic rings. The number of carbonyl (C=O) groups is 1. The van der Waals surface area contributed by atoms with Gasteiger partial charge in [-0.2, -0.15) is 13.2 Å². The van der Waals surface area contributed by atoms with Crippen molar-refractivity contribution < 1.29 is 23.1 Å². The molecule has 3 N–H and O–H groups in total. The van der Waals surface area contributed by atoms with Crippen LogP contribution in [0.25, 0.3) is 0 Å². The molecule has 0 fully saturated rings. The minimum atomic E-state index is -4.47. The Hall–Kier alpha value is -2.15. The van der Waals surface area contributed by atoms with E-state index in [0.29, 0.717) is 4.90 Å². The Morgan fingerprint density at radius 1 is 1.14 bits per heavy atom. The van der Waals surface area contributed by atoms with E-state index in [1.54, 1.807) is 0 Å². The second-order valence-corrected chi connectivity index (χ2v) is 5.27. The molecule has 21 heavy (non-hydrogen) atoms. The van der Waals surface area contributed by atoms with Crippen molar-refractivity contribution in [1.82, 2.24) is 0 Å². The predicted octanol–water partition coefficient (Wildman–Crippen LogP) is 4.14. The van der Waals surface area contributed by atoms with Gasteiger partial charge < -0.3 is 10.8 Å². The summed E-state index contributed by atoms with van der Waals surface area (Å²) < 4.78 is 38.7. The number of rotatable bonds is 3. The highest BCUT2D eigenvalue weighted by molar-refractivity contribution is 7.99. The van der Waals surface area contributed by atoms with E-state index in [0.717, 1.165) is 17.8 Å². The van der Waals surface area contributed by atoms with Crippen molar-refractivity contribution in [3.05, 3.63) is 53.6 Å². The van der Waals surface area contributed by atoms with Crippen molar-refractivity contribution in [3.63, 3.8) is 0 Å². The van der Waals surface area contributed by atoms with Gasteiger partial charge in [0.15, 0.2) is 0 Å². The Kier molecular flexibility index (Phi) is 4.13. The standard InChI is InChI=1S/C14H10F3NO2S/c15-14(16,17)10-3-1-2-4-12(10)21-8-5-6-11(18)9(7-8)13(19)20/h1-7H,18H2,(H,19,20). The third-order valence-corrected chi connectivity index (χ3v) is 3.74. The summed E-state index contributed by atoms with van der Waals surface area (Å²) >= 11 is 0.842. The summed E-state index contributed by atoms with van der Waals surface area (Å²) in [6.07, 6.45) is -4.47. The van der Waals surface area contributed by atoms with Crippen molar-refractivity contribution >= 4 is 23.4 Å². The molecule has 0 bridgehead atoms. The molecule has 0 aliphatic carbocycles. The molecule has 0 aromatic heterocycles. The van der Waals surface area contributed by atoms with Gasteiger partial charge in [-0.15, -0.1) is 0 Å². The molecule has 0 amide bonds. The van der Waals surface area contributed by atoms with Crippen LogP contribution >= 0.6 is 11.8 Å². The van der Waals surface area contributed by atoms with E-state index >= 15 is 0 Å². The molecular formula is C14H10F3NO2S. The average Bonchev–Trinajstić information content (AvgIpc) is 2.40. The quantitative estimate of drug-likeness (QED) is 0.836. The average molecular weight is 313 g/mol. The van der Waals surface area contributed by atoms with Crippen molar-refractivity contribution in [2.24, 2.45) is 0 Å². The van der Waals surface area contributed by atoms with Gasteiger partial charge in [0.25, 0.3) is 0 Å². The molecule has 0 radical (unpaired) electrons. The summed E-state index contributed by atoms with van der Waals surface area (Å²) in [5.74, 6) is -1.22. The van der Waals surface area contributed by atoms with Crippen LogP contribution in [0.15, 0.2) is 52.3 Å². The maximum Gasteiger partial charge on any atom is 0.417 e. The largest absolute Gasteiger partial charge is 0.478 e. The topological polar surface area (TPSA) is 63.3 Å². The van der Waals surface area contributed by atoms with Gasteiger partial charge in [0.05, 0.1) is 11.1 Å². The lowest BCUT2D eigenvalue weighted by molar-refractivity contribution is -0.139. The summed E-state index contributed by atoms with van der Waals surface area (Å²) in [4.78, 5) is 11.4. The highest BCUT2D eigenvalue weighted by atomic mass is 32.2. The molecule has 2 aromatic rings. The summed E-state index contributed by atoms with van der Waals surface area (Å²) in [6, 6.07) is 9.23. The highest BCUT2D eigenvalue weighted by Crippen LogP contribution is 2.39. The van der Waals surface area contributed by atoms with Crippen LogP contribution in [0.2, 0.25) is 0 Å². The van der Waals surface area contributed by atoms with Gasteiger partial charge in [-0.05, 0) is 30.3 Å². The van der Waals surface area contributed by atoms with Gasteiger partial charge in [0.1, 0.15) is 0 Å². The number of aromatic carboxylic acids is 1. The number of halogens is 3. The molecule has 0 unspecified atom stereocenters. The first kappa shape index (κ1) is 15.2. The third kappa shape index (κ3) is 3.49. The number of anilines is 1. The zero-order valence-corrected chi connectivity index (χ0v) is 11.3. The van der Waals surface area contributed by atoms with Crippen molar-refractivity contribution in [3.8, 4) is 0 Å². The van der Waals surface area contributed by atoms with E-state index in [9.17, 15) is 18.0 Å². The summed E-state index contributed by atoms with van der Waals surface area (Å²) in [5.41, 5.74) is 4.68. The Labute approximate surface area is 122 Å². The fourth-order valence-corrected chi connectivity index (χ4v) is 2.71. The summed E-state index contributed by atoms with van der Waals surface area (Å²) in [7, 11) is 0. The van der Waals surface area contributed by atoms with E-state index in [4.69, 9.17) is 10.8 Å². The van der Waals surface area contributed by atoms with Gasteiger partial charge >= 0.3 is 12.1 Å². The second-order valence-electron chi connectivity index (χ2n) is 4.15. The Morgan fingerprint density at radius 3 is 2.43 bits per heavy atom. The number of carboxylic acid groups (broad SMARTS) is 1. The summed E-state index contributed by atoms with van der Waals surface area (Å²) in [6.45, 7) is 0. The van der Waals surface area contributed by atoms with Crippen molar-refractivity contribution in [1.29, 1.82) is 0 Å². The number of alkyl halides is 3. The molecule has 7 heteroatoms. The number of benzene rings is 2. The molecule has 0 heterocycles. The van der Waals surface area contributed by atoms with Crippen LogP contribution in [0.4, 0.5) is 18.9 Å². The van der Waals surface area contributed by atoms with Gasteiger partial charge in [-0.25, -0.2) is 4.79 Å². The second kappa shape index (κ2) is 5.69. The fourth-order valence-electron chi connectivity index (χ4n) is 1.70. The van der Waals surface area contributed by atoms with Crippen LogP contribution in [0.1, 0.15) is 15.9 Å². The van der Waals surface area contributed by atoms with E-state index in [1.165, 1.54) is 36.4 Å². The number of nitrogen functional groups attached to an aromatic ring is 1. The Bertz CT molecular complexity index is 686. The van der Waals surface area contributed by atoms with Crippen LogP contribution in [-0.4, -0.2) is 11.1 Å². The van der Waals surface area contributed by atoms with Crippen LogP contribution in [0.3, 0.4) is 0 Å². The predicted molar refractivity (Wildman–Crippen MR) is 73.4 cm³/mol. The lowest BCUT2D eigenvalue weighted by Crippen LogP contribution is -2.06. The Morgan fingerprint density at radius 2 is 1.81 bits per heavy atom. The van der Waals surface area contributed by atoms with Gasteiger partial charge in [-0.3, -0.25) is 0 Å². The van der Waals surface area contributed by atoms with Gasteiger partial charge in [0.2, 0.25) is 0 Å². The molecule has 2 rings (SSSR count). The monoisotopic (exact) mass is 313 g/mol. The molecule has 0 atom stereocenters. The molecule has 0 saturated carbocycles. The maximum atomic E-state index is 12.9. The molecule has 2 aromatic carbocycles. The highest BCUT2D eigenvalue weighted by Gasteiger charge is 2.33. The van der Waals surface area contributed by atoms with Crippen molar-refractivity contribution in [2.45, 2.75) is 16.0 Å². The smallest absolute Gasteiger partial charge is 0.417 e. The minimum absolute atomic E-state index is 0.00566. The molecule has 0 spiro atoms. The maximum absolute atomic E-state index is 12.9. The van der Waals surface area contributed by atoms with E-state index < -0.39 is 17.7 Å². The number of carboxylic acids is 1. The number of hydrogen-bond acceptors (Lipinski definition) is 3. The lowest BCUT2D eigenvalue weighted by Gasteiger charge is -2.12. The fraction of sp³-hybridized carbons (Fsp3) is 0.0714. The molecule has 110 valence electrons. The molecular weight excluding hydrogens is 303 g/mol. The van der Waals surface area contributed by atoms with Crippen LogP contribution in [0, 0.1) is 0 Å².